The molecule has 0 unspecified atom stereocenters. The number of hydroxylamine groups is 1. The number of hydrogen-bond donors (Lipinski definition) is 4. The third-order valence-electron chi connectivity index (χ3n) is 4.82. The second kappa shape index (κ2) is 8.80. The van der Waals surface area contributed by atoms with E-state index in [4.69, 9.17) is 5.21 Å². The van der Waals surface area contributed by atoms with Gasteiger partial charge in [-0.1, -0.05) is 45.0 Å². The van der Waals surface area contributed by atoms with Gasteiger partial charge in [0.25, 0.3) is 0 Å². The fourth-order valence-corrected chi connectivity index (χ4v) is 3.27. The van der Waals surface area contributed by atoms with E-state index >= 15 is 0 Å². The minimum atomic E-state index is -0.705. The van der Waals surface area contributed by atoms with Crippen molar-refractivity contribution < 1.29 is 19.6 Å². The fourth-order valence-electron chi connectivity index (χ4n) is 3.27. The van der Waals surface area contributed by atoms with Crippen molar-refractivity contribution in [3.8, 4) is 0 Å². The van der Waals surface area contributed by atoms with Crippen LogP contribution in [0.15, 0.2) is 24.3 Å². The van der Waals surface area contributed by atoms with E-state index < -0.39 is 23.8 Å². The summed E-state index contributed by atoms with van der Waals surface area (Å²) in [4.78, 5) is 37.0. The Labute approximate surface area is 153 Å². The van der Waals surface area contributed by atoms with Crippen molar-refractivity contribution in [2.75, 3.05) is 0 Å². The lowest BCUT2D eigenvalue weighted by Gasteiger charge is -2.25. The first-order chi connectivity index (χ1) is 12.3. The van der Waals surface area contributed by atoms with Crippen molar-refractivity contribution in [1.29, 1.82) is 0 Å². The third kappa shape index (κ3) is 4.82. The molecule has 3 atom stereocenters. The van der Waals surface area contributed by atoms with Crippen molar-refractivity contribution in [1.82, 2.24) is 16.1 Å². The molecule has 1 aromatic rings. The van der Waals surface area contributed by atoms with Gasteiger partial charge in [0.1, 0.15) is 6.04 Å². The van der Waals surface area contributed by atoms with Crippen molar-refractivity contribution in [2.45, 2.75) is 46.2 Å². The number of benzene rings is 1. The maximum atomic E-state index is 12.8. The summed E-state index contributed by atoms with van der Waals surface area (Å²) in [6.45, 7) is 5.94. The zero-order valence-electron chi connectivity index (χ0n) is 15.4. The highest BCUT2D eigenvalue weighted by molar-refractivity contribution is 5.91. The van der Waals surface area contributed by atoms with Gasteiger partial charge in [-0.3, -0.25) is 19.6 Å². The van der Waals surface area contributed by atoms with Crippen molar-refractivity contribution in [3.63, 3.8) is 0 Å². The van der Waals surface area contributed by atoms with Gasteiger partial charge < -0.3 is 10.6 Å². The Kier molecular flexibility index (Phi) is 6.74. The van der Waals surface area contributed by atoms with Gasteiger partial charge in [0.15, 0.2) is 0 Å². The topological polar surface area (TPSA) is 108 Å². The summed E-state index contributed by atoms with van der Waals surface area (Å²) >= 11 is 0. The Bertz CT molecular complexity index is 675. The second-order valence-electron chi connectivity index (χ2n) is 7.25. The van der Waals surface area contributed by atoms with Crippen LogP contribution < -0.4 is 16.1 Å². The molecule has 0 saturated carbocycles. The smallest absolute Gasteiger partial charge is 0.246 e. The molecule has 1 aromatic carbocycles. The lowest BCUT2D eigenvalue weighted by Crippen LogP contribution is -2.50. The van der Waals surface area contributed by atoms with Gasteiger partial charge in [-0.25, -0.2) is 5.48 Å². The Morgan fingerprint density at radius 1 is 1.19 bits per heavy atom. The number of carbonyl (C=O) groups is 3. The van der Waals surface area contributed by atoms with Crippen LogP contribution in [0.4, 0.5) is 0 Å². The molecule has 26 heavy (non-hydrogen) atoms. The average Bonchev–Trinajstić information content (AvgIpc) is 2.77. The Hall–Kier alpha value is -2.41. The normalized spacial score (nSPS) is 19.0. The number of amides is 3. The quantitative estimate of drug-likeness (QED) is 0.450. The zero-order chi connectivity index (χ0) is 19.3. The van der Waals surface area contributed by atoms with E-state index in [0.29, 0.717) is 19.4 Å². The number of carbonyl (C=O) groups excluding carboxylic acids is 3. The van der Waals surface area contributed by atoms with Gasteiger partial charge in [0.05, 0.1) is 0 Å². The molecule has 2 rings (SSSR count). The van der Waals surface area contributed by atoms with E-state index in [1.54, 1.807) is 12.4 Å². The highest BCUT2D eigenvalue weighted by atomic mass is 16.5. The van der Waals surface area contributed by atoms with Crippen LogP contribution in [0.25, 0.3) is 0 Å². The minimum Gasteiger partial charge on any atom is -0.350 e. The van der Waals surface area contributed by atoms with Crippen LogP contribution in [0.2, 0.25) is 0 Å². The lowest BCUT2D eigenvalue weighted by molar-refractivity contribution is -0.141. The maximum absolute atomic E-state index is 12.8. The first-order valence-electron chi connectivity index (χ1n) is 8.92. The molecule has 1 aliphatic rings. The Balaban J connectivity index is 2.16. The SMILES string of the molecule is CC(C)C[C@@H](C(=O)N[C@H]1Cc2ccccc2CNC1=O)[C@H](C)C(=O)NO. The van der Waals surface area contributed by atoms with E-state index in [9.17, 15) is 14.4 Å². The maximum Gasteiger partial charge on any atom is 0.246 e. The zero-order valence-corrected chi connectivity index (χ0v) is 15.4. The van der Waals surface area contributed by atoms with Crippen LogP contribution >= 0.6 is 0 Å². The summed E-state index contributed by atoms with van der Waals surface area (Å²) in [6.07, 6.45) is 0.883. The molecule has 0 aromatic heterocycles. The largest absolute Gasteiger partial charge is 0.350 e. The molecule has 0 radical (unpaired) electrons. The van der Waals surface area contributed by atoms with E-state index in [1.165, 1.54) is 0 Å². The Morgan fingerprint density at radius 2 is 1.85 bits per heavy atom. The number of hydrogen-bond acceptors (Lipinski definition) is 4. The minimum absolute atomic E-state index is 0.184. The highest BCUT2D eigenvalue weighted by Crippen LogP contribution is 2.22. The van der Waals surface area contributed by atoms with Gasteiger partial charge in [-0.05, 0) is 23.5 Å². The fraction of sp³-hybridized carbons (Fsp3) is 0.526. The van der Waals surface area contributed by atoms with Crippen LogP contribution in [0.3, 0.4) is 0 Å². The second-order valence-corrected chi connectivity index (χ2v) is 7.25. The number of fused-ring (bicyclic) bond motifs is 1. The van der Waals surface area contributed by atoms with Crippen LogP contribution in [0.5, 0.6) is 0 Å². The van der Waals surface area contributed by atoms with Crippen LogP contribution in [-0.2, 0) is 27.3 Å². The average molecular weight is 361 g/mol. The van der Waals surface area contributed by atoms with Crippen LogP contribution in [-0.4, -0.2) is 29.0 Å². The van der Waals surface area contributed by atoms with E-state index in [0.717, 1.165) is 11.1 Å². The lowest BCUT2D eigenvalue weighted by atomic mass is 9.85. The standard InChI is InChI=1S/C19H27N3O4/c1-11(2)8-15(12(3)17(23)22-26)18(24)21-16-9-13-6-4-5-7-14(13)10-20-19(16)25/h4-7,11-12,15-16,26H,8-10H2,1-3H3,(H,20,25)(H,21,24)(H,22,23)/t12-,15+,16-/m0/s1. The van der Waals surface area contributed by atoms with Gasteiger partial charge in [-0.15, -0.1) is 0 Å². The predicted molar refractivity (Wildman–Crippen MR) is 96.0 cm³/mol. The summed E-state index contributed by atoms with van der Waals surface area (Å²) in [5, 5.41) is 14.5. The summed E-state index contributed by atoms with van der Waals surface area (Å²) in [5.74, 6) is -2.35. The molecular weight excluding hydrogens is 334 g/mol. The van der Waals surface area contributed by atoms with Crippen LogP contribution in [0.1, 0.15) is 38.3 Å². The molecule has 1 heterocycles. The van der Waals surface area contributed by atoms with Crippen LogP contribution in [0, 0.1) is 17.8 Å². The highest BCUT2D eigenvalue weighted by Gasteiger charge is 2.34. The molecule has 0 saturated heterocycles. The molecule has 0 bridgehead atoms. The molecule has 7 nitrogen and oxygen atoms in total. The predicted octanol–water partition coefficient (Wildman–Crippen LogP) is 1.15. The van der Waals surface area contributed by atoms with Gasteiger partial charge in [0, 0.05) is 24.8 Å². The Morgan fingerprint density at radius 3 is 2.46 bits per heavy atom. The number of nitrogens with one attached hydrogen (secondary N) is 3. The first-order valence-corrected chi connectivity index (χ1v) is 8.92. The summed E-state index contributed by atoms with van der Waals surface area (Å²) in [5.41, 5.74) is 3.65. The molecule has 142 valence electrons. The van der Waals surface area contributed by atoms with E-state index in [1.807, 2.05) is 38.1 Å². The van der Waals surface area contributed by atoms with Gasteiger partial charge in [-0.2, -0.15) is 0 Å². The molecule has 0 aliphatic carbocycles. The van der Waals surface area contributed by atoms with E-state index in [2.05, 4.69) is 10.6 Å². The molecule has 0 spiro atoms. The third-order valence-corrected chi connectivity index (χ3v) is 4.82. The molecule has 7 heteroatoms. The van der Waals surface area contributed by atoms with E-state index in [-0.39, 0.29) is 17.7 Å². The van der Waals surface area contributed by atoms with Gasteiger partial charge in [0.2, 0.25) is 17.7 Å². The van der Waals surface area contributed by atoms with Crippen molar-refractivity contribution in [3.05, 3.63) is 35.4 Å². The monoisotopic (exact) mass is 361 g/mol. The summed E-state index contributed by atoms with van der Waals surface area (Å²) in [7, 11) is 0. The summed E-state index contributed by atoms with van der Waals surface area (Å²) < 4.78 is 0. The number of rotatable bonds is 6. The van der Waals surface area contributed by atoms with Crippen molar-refractivity contribution >= 4 is 17.7 Å². The molecule has 1 aliphatic heterocycles. The van der Waals surface area contributed by atoms with Crippen molar-refractivity contribution in [2.24, 2.45) is 17.8 Å². The molecule has 0 fully saturated rings. The summed E-state index contributed by atoms with van der Waals surface area (Å²) in [6, 6.07) is 7.03. The molecular formula is C19H27N3O4. The van der Waals surface area contributed by atoms with Gasteiger partial charge >= 0.3 is 0 Å². The molecule has 3 amide bonds. The molecule has 4 N–H and O–H groups in total. The first kappa shape index (κ1) is 19.9.